The maximum Gasteiger partial charge on any atom is 0.341 e. The van der Waals surface area contributed by atoms with Crippen LogP contribution in [0, 0.1) is 6.92 Å². The van der Waals surface area contributed by atoms with E-state index in [-0.39, 0.29) is 12.0 Å². The number of rotatable bonds is 5. The van der Waals surface area contributed by atoms with Crippen LogP contribution in [0.3, 0.4) is 0 Å². The van der Waals surface area contributed by atoms with Crippen LogP contribution in [0.4, 0.5) is 0 Å². The monoisotopic (exact) mass is 273 g/mol. The van der Waals surface area contributed by atoms with Gasteiger partial charge >= 0.3 is 5.97 Å². The van der Waals surface area contributed by atoms with E-state index in [1.165, 1.54) is 12.7 Å². The van der Waals surface area contributed by atoms with Gasteiger partial charge in [0, 0.05) is 6.04 Å². The van der Waals surface area contributed by atoms with Gasteiger partial charge in [-0.25, -0.2) is 4.79 Å². The molecule has 1 heterocycles. The third-order valence-electron chi connectivity index (χ3n) is 3.26. The Labute approximate surface area is 118 Å². The van der Waals surface area contributed by atoms with Crippen LogP contribution >= 0.6 is 0 Å². The van der Waals surface area contributed by atoms with Gasteiger partial charge < -0.3 is 14.5 Å². The van der Waals surface area contributed by atoms with Crippen molar-refractivity contribution < 1.29 is 13.9 Å². The SMILES string of the molecule is COC(=O)c1cc(CN[C@@H](C)c2ccccc2)oc1C. The number of methoxy groups -OCH3 is 1. The van der Waals surface area contributed by atoms with Crippen LogP contribution in [0.5, 0.6) is 0 Å². The molecule has 0 saturated carbocycles. The van der Waals surface area contributed by atoms with E-state index in [0.29, 0.717) is 17.9 Å². The summed E-state index contributed by atoms with van der Waals surface area (Å²) in [6, 6.07) is 12.1. The predicted octanol–water partition coefficient (Wildman–Crippen LogP) is 3.23. The summed E-state index contributed by atoms with van der Waals surface area (Å²) in [5.74, 6) is 0.945. The van der Waals surface area contributed by atoms with E-state index in [4.69, 9.17) is 9.15 Å². The first kappa shape index (κ1) is 14.3. The molecule has 1 aromatic heterocycles. The molecule has 2 aromatic rings. The van der Waals surface area contributed by atoms with E-state index in [1.807, 2.05) is 18.2 Å². The van der Waals surface area contributed by atoms with Gasteiger partial charge in [-0.05, 0) is 25.5 Å². The lowest BCUT2D eigenvalue weighted by molar-refractivity contribution is 0.0599. The summed E-state index contributed by atoms with van der Waals surface area (Å²) in [4.78, 5) is 11.5. The minimum absolute atomic E-state index is 0.211. The lowest BCUT2D eigenvalue weighted by Crippen LogP contribution is -2.17. The molecule has 0 bridgehead atoms. The first-order valence-electron chi connectivity index (χ1n) is 6.57. The summed E-state index contributed by atoms with van der Waals surface area (Å²) in [5.41, 5.74) is 1.70. The van der Waals surface area contributed by atoms with Gasteiger partial charge in [0.1, 0.15) is 17.1 Å². The molecule has 4 heteroatoms. The Balaban J connectivity index is 1.99. The van der Waals surface area contributed by atoms with Crippen molar-refractivity contribution in [3.63, 3.8) is 0 Å². The standard InChI is InChI=1S/C16H19NO3/c1-11(13-7-5-4-6-8-13)17-10-14-9-15(12(2)20-14)16(18)19-3/h4-9,11,17H,10H2,1-3H3/t11-/m0/s1. The fraction of sp³-hybridized carbons (Fsp3) is 0.312. The maximum absolute atomic E-state index is 11.5. The number of benzene rings is 1. The fourth-order valence-corrected chi connectivity index (χ4v) is 2.06. The zero-order valence-electron chi connectivity index (χ0n) is 12.0. The van der Waals surface area contributed by atoms with Gasteiger partial charge in [0.25, 0.3) is 0 Å². The zero-order valence-corrected chi connectivity index (χ0v) is 12.0. The van der Waals surface area contributed by atoms with Crippen molar-refractivity contribution in [2.75, 3.05) is 7.11 Å². The second kappa shape index (κ2) is 6.39. The first-order chi connectivity index (χ1) is 9.61. The van der Waals surface area contributed by atoms with Crippen LogP contribution in [0.2, 0.25) is 0 Å². The Bertz CT molecular complexity index is 575. The molecule has 0 unspecified atom stereocenters. The van der Waals surface area contributed by atoms with Crippen LogP contribution in [-0.4, -0.2) is 13.1 Å². The van der Waals surface area contributed by atoms with E-state index in [2.05, 4.69) is 24.4 Å². The van der Waals surface area contributed by atoms with Crippen molar-refractivity contribution in [2.24, 2.45) is 0 Å². The van der Waals surface area contributed by atoms with Crippen molar-refractivity contribution in [1.82, 2.24) is 5.32 Å². The molecule has 106 valence electrons. The van der Waals surface area contributed by atoms with Crippen LogP contribution in [0.1, 0.15) is 40.4 Å². The molecular formula is C16H19NO3. The second-order valence-corrected chi connectivity index (χ2v) is 4.69. The number of carbonyl (C=O) groups is 1. The molecule has 1 N–H and O–H groups in total. The molecule has 0 aliphatic rings. The number of hydrogen-bond donors (Lipinski definition) is 1. The zero-order chi connectivity index (χ0) is 14.5. The third kappa shape index (κ3) is 3.27. The molecule has 20 heavy (non-hydrogen) atoms. The molecule has 0 amide bonds. The molecule has 4 nitrogen and oxygen atoms in total. The number of esters is 1. The number of nitrogens with one attached hydrogen (secondary N) is 1. The van der Waals surface area contributed by atoms with Crippen LogP contribution in [0.15, 0.2) is 40.8 Å². The van der Waals surface area contributed by atoms with Crippen LogP contribution < -0.4 is 5.32 Å². The van der Waals surface area contributed by atoms with Gasteiger partial charge in [-0.15, -0.1) is 0 Å². The summed E-state index contributed by atoms with van der Waals surface area (Å²) >= 11 is 0. The lowest BCUT2D eigenvalue weighted by Gasteiger charge is -2.12. The van der Waals surface area contributed by atoms with Crippen molar-refractivity contribution in [3.05, 3.63) is 59.0 Å². The largest absolute Gasteiger partial charge is 0.465 e. The average Bonchev–Trinajstić information content (AvgIpc) is 2.86. The van der Waals surface area contributed by atoms with Crippen molar-refractivity contribution >= 4 is 5.97 Å². The van der Waals surface area contributed by atoms with Gasteiger partial charge in [0.15, 0.2) is 0 Å². The Morgan fingerprint density at radius 1 is 1.35 bits per heavy atom. The summed E-state index contributed by atoms with van der Waals surface area (Å²) in [6.07, 6.45) is 0. The first-order valence-corrected chi connectivity index (χ1v) is 6.57. The number of hydrogen-bond acceptors (Lipinski definition) is 4. The summed E-state index contributed by atoms with van der Waals surface area (Å²) < 4.78 is 10.3. The van der Waals surface area contributed by atoms with E-state index in [1.54, 1.807) is 13.0 Å². The highest BCUT2D eigenvalue weighted by molar-refractivity contribution is 5.90. The quantitative estimate of drug-likeness (QED) is 0.850. The molecule has 0 aliphatic carbocycles. The number of carbonyl (C=O) groups excluding carboxylic acids is 1. The molecule has 0 saturated heterocycles. The molecule has 0 spiro atoms. The van der Waals surface area contributed by atoms with Crippen molar-refractivity contribution in [1.29, 1.82) is 0 Å². The molecule has 1 atom stereocenters. The summed E-state index contributed by atoms with van der Waals surface area (Å²) in [6.45, 7) is 4.41. The minimum atomic E-state index is -0.367. The van der Waals surface area contributed by atoms with Crippen molar-refractivity contribution in [2.45, 2.75) is 26.4 Å². The van der Waals surface area contributed by atoms with Crippen LogP contribution in [0.25, 0.3) is 0 Å². The second-order valence-electron chi connectivity index (χ2n) is 4.69. The van der Waals surface area contributed by atoms with E-state index < -0.39 is 0 Å². The Kier molecular flexibility index (Phi) is 4.58. The summed E-state index contributed by atoms with van der Waals surface area (Å²) in [5, 5.41) is 3.37. The third-order valence-corrected chi connectivity index (χ3v) is 3.26. The average molecular weight is 273 g/mol. The van der Waals surface area contributed by atoms with E-state index in [9.17, 15) is 4.79 Å². The molecule has 0 radical (unpaired) electrons. The van der Waals surface area contributed by atoms with Gasteiger partial charge in [0.05, 0.1) is 13.7 Å². The van der Waals surface area contributed by atoms with Gasteiger partial charge in [-0.2, -0.15) is 0 Å². The van der Waals surface area contributed by atoms with Crippen molar-refractivity contribution in [3.8, 4) is 0 Å². The predicted molar refractivity (Wildman–Crippen MR) is 76.5 cm³/mol. The highest BCUT2D eigenvalue weighted by atomic mass is 16.5. The van der Waals surface area contributed by atoms with E-state index in [0.717, 1.165) is 5.76 Å². The summed E-state index contributed by atoms with van der Waals surface area (Å²) in [7, 11) is 1.37. The molecule has 2 rings (SSSR count). The minimum Gasteiger partial charge on any atom is -0.465 e. The number of ether oxygens (including phenoxy) is 1. The fourth-order valence-electron chi connectivity index (χ4n) is 2.06. The molecular weight excluding hydrogens is 254 g/mol. The Hall–Kier alpha value is -2.07. The van der Waals surface area contributed by atoms with Gasteiger partial charge in [-0.3, -0.25) is 0 Å². The van der Waals surface area contributed by atoms with Gasteiger partial charge in [-0.1, -0.05) is 30.3 Å². The molecule has 0 aliphatic heterocycles. The van der Waals surface area contributed by atoms with Crippen LogP contribution in [-0.2, 0) is 11.3 Å². The lowest BCUT2D eigenvalue weighted by atomic mass is 10.1. The molecule has 1 aromatic carbocycles. The smallest absolute Gasteiger partial charge is 0.341 e. The highest BCUT2D eigenvalue weighted by Crippen LogP contribution is 2.17. The van der Waals surface area contributed by atoms with E-state index >= 15 is 0 Å². The number of furan rings is 1. The highest BCUT2D eigenvalue weighted by Gasteiger charge is 2.15. The normalized spacial score (nSPS) is 12.2. The Morgan fingerprint density at radius 3 is 2.70 bits per heavy atom. The Morgan fingerprint density at radius 2 is 2.05 bits per heavy atom. The maximum atomic E-state index is 11.5. The van der Waals surface area contributed by atoms with Gasteiger partial charge in [0.2, 0.25) is 0 Å². The molecule has 0 fully saturated rings. The number of aryl methyl sites for hydroxylation is 1. The topological polar surface area (TPSA) is 51.5 Å².